The van der Waals surface area contributed by atoms with Crippen molar-refractivity contribution in [3.63, 3.8) is 0 Å². The van der Waals surface area contributed by atoms with Crippen LogP contribution in [-0.2, 0) is 4.79 Å². The first kappa shape index (κ1) is 17.6. The van der Waals surface area contributed by atoms with Gasteiger partial charge in [0.15, 0.2) is 0 Å². The van der Waals surface area contributed by atoms with Crippen molar-refractivity contribution in [2.24, 2.45) is 0 Å². The molecule has 2 aromatic rings. The molecule has 0 unspecified atom stereocenters. The molecule has 0 heterocycles. The van der Waals surface area contributed by atoms with Gasteiger partial charge in [0.05, 0.1) is 13.2 Å². The summed E-state index contributed by atoms with van der Waals surface area (Å²) in [5, 5.41) is 2.80. The van der Waals surface area contributed by atoms with Gasteiger partial charge >= 0.3 is 0 Å². The molecule has 4 heteroatoms. The van der Waals surface area contributed by atoms with E-state index >= 15 is 0 Å². The van der Waals surface area contributed by atoms with Crippen LogP contribution in [0.2, 0.25) is 0 Å². The highest BCUT2D eigenvalue weighted by Gasteiger charge is 1.99. The molecule has 4 nitrogen and oxygen atoms in total. The second kappa shape index (κ2) is 9.40. The lowest BCUT2D eigenvalue weighted by Crippen LogP contribution is -2.26. The predicted molar refractivity (Wildman–Crippen MR) is 96.3 cm³/mol. The summed E-state index contributed by atoms with van der Waals surface area (Å²) in [6.07, 6.45) is 3.29. The van der Waals surface area contributed by atoms with Crippen LogP contribution in [-0.4, -0.2) is 25.7 Å². The van der Waals surface area contributed by atoms with Gasteiger partial charge in [0.2, 0.25) is 5.91 Å². The summed E-state index contributed by atoms with van der Waals surface area (Å²) < 4.78 is 11.0. The number of rotatable bonds is 8. The molecule has 1 N–H and O–H groups in total. The summed E-state index contributed by atoms with van der Waals surface area (Å²) >= 11 is 0. The third-order valence-corrected chi connectivity index (χ3v) is 3.37. The summed E-state index contributed by atoms with van der Waals surface area (Å²) in [5.41, 5.74) is 2.03. The first-order valence-electron chi connectivity index (χ1n) is 8.06. The first-order chi connectivity index (χ1) is 11.7. The van der Waals surface area contributed by atoms with E-state index in [2.05, 4.69) is 5.32 Å². The van der Waals surface area contributed by atoms with Crippen LogP contribution in [0.25, 0.3) is 6.08 Å². The monoisotopic (exact) mass is 325 g/mol. The molecule has 0 atom stereocenters. The van der Waals surface area contributed by atoms with E-state index < -0.39 is 0 Å². The van der Waals surface area contributed by atoms with Crippen LogP contribution in [0.1, 0.15) is 18.1 Å². The molecule has 126 valence electrons. The lowest BCUT2D eigenvalue weighted by molar-refractivity contribution is -0.116. The second-order valence-electron chi connectivity index (χ2n) is 5.24. The minimum absolute atomic E-state index is 0.141. The third kappa shape index (κ3) is 5.80. The van der Waals surface area contributed by atoms with Gasteiger partial charge in [-0.05, 0) is 49.2 Å². The van der Waals surface area contributed by atoms with Crippen LogP contribution in [0.15, 0.2) is 54.6 Å². The number of carbonyl (C=O) groups excluding carboxylic acids is 1. The van der Waals surface area contributed by atoms with E-state index in [4.69, 9.17) is 9.47 Å². The van der Waals surface area contributed by atoms with Crippen molar-refractivity contribution in [2.45, 2.75) is 13.8 Å². The number of carbonyl (C=O) groups is 1. The van der Waals surface area contributed by atoms with E-state index in [9.17, 15) is 4.79 Å². The van der Waals surface area contributed by atoms with Crippen molar-refractivity contribution in [1.82, 2.24) is 5.32 Å². The summed E-state index contributed by atoms with van der Waals surface area (Å²) in [5.74, 6) is 1.53. The molecule has 0 aliphatic rings. The zero-order chi connectivity index (χ0) is 17.2. The Morgan fingerprint density at radius 3 is 2.54 bits per heavy atom. The summed E-state index contributed by atoms with van der Waals surface area (Å²) in [6, 6.07) is 15.4. The molecular weight excluding hydrogens is 302 g/mol. The van der Waals surface area contributed by atoms with Crippen molar-refractivity contribution < 1.29 is 14.3 Å². The SMILES string of the molecule is CCOc1ccc(C=CC(=O)NCCOc2ccccc2C)cc1. The topological polar surface area (TPSA) is 47.6 Å². The molecule has 0 saturated heterocycles. The van der Waals surface area contributed by atoms with E-state index in [1.165, 1.54) is 6.08 Å². The number of amides is 1. The highest BCUT2D eigenvalue weighted by molar-refractivity contribution is 5.91. The Morgan fingerprint density at radius 1 is 1.08 bits per heavy atom. The molecule has 0 fully saturated rings. The van der Waals surface area contributed by atoms with Crippen molar-refractivity contribution in [3.8, 4) is 11.5 Å². The number of aryl methyl sites for hydroxylation is 1. The quantitative estimate of drug-likeness (QED) is 0.596. The molecule has 0 aromatic heterocycles. The van der Waals surface area contributed by atoms with Crippen LogP contribution in [0, 0.1) is 6.92 Å². The van der Waals surface area contributed by atoms with Crippen molar-refractivity contribution in [1.29, 1.82) is 0 Å². The Balaban J connectivity index is 1.72. The average molecular weight is 325 g/mol. The Kier molecular flexibility index (Phi) is 6.90. The smallest absolute Gasteiger partial charge is 0.244 e. The maximum Gasteiger partial charge on any atom is 0.244 e. The van der Waals surface area contributed by atoms with Gasteiger partial charge in [-0.1, -0.05) is 30.3 Å². The van der Waals surface area contributed by atoms with Gasteiger partial charge in [-0.3, -0.25) is 4.79 Å². The van der Waals surface area contributed by atoms with Crippen LogP contribution in [0.3, 0.4) is 0 Å². The second-order valence-corrected chi connectivity index (χ2v) is 5.24. The van der Waals surface area contributed by atoms with Gasteiger partial charge in [-0.2, -0.15) is 0 Å². The minimum atomic E-state index is -0.141. The van der Waals surface area contributed by atoms with E-state index in [0.29, 0.717) is 19.8 Å². The largest absolute Gasteiger partial charge is 0.494 e. The zero-order valence-electron chi connectivity index (χ0n) is 14.1. The lowest BCUT2D eigenvalue weighted by Gasteiger charge is -2.08. The number of hydrogen-bond donors (Lipinski definition) is 1. The third-order valence-electron chi connectivity index (χ3n) is 3.37. The van der Waals surface area contributed by atoms with E-state index in [1.807, 2.05) is 62.4 Å². The fraction of sp³-hybridized carbons (Fsp3) is 0.250. The molecule has 0 bridgehead atoms. The molecule has 2 rings (SSSR count). The van der Waals surface area contributed by atoms with Gasteiger partial charge < -0.3 is 14.8 Å². The maximum atomic E-state index is 11.8. The van der Waals surface area contributed by atoms with Crippen LogP contribution in [0.4, 0.5) is 0 Å². The number of nitrogens with one attached hydrogen (secondary N) is 1. The van der Waals surface area contributed by atoms with Crippen molar-refractivity contribution in [2.75, 3.05) is 19.8 Å². The molecule has 0 aliphatic carbocycles. The fourth-order valence-electron chi connectivity index (χ4n) is 2.13. The molecular formula is C20H23NO3. The van der Waals surface area contributed by atoms with Crippen LogP contribution in [0.5, 0.6) is 11.5 Å². The van der Waals surface area contributed by atoms with Crippen molar-refractivity contribution in [3.05, 3.63) is 65.7 Å². The molecule has 0 spiro atoms. The normalized spacial score (nSPS) is 10.6. The molecule has 2 aromatic carbocycles. The molecule has 24 heavy (non-hydrogen) atoms. The van der Waals surface area contributed by atoms with Crippen LogP contribution >= 0.6 is 0 Å². The van der Waals surface area contributed by atoms with Crippen LogP contribution < -0.4 is 14.8 Å². The molecule has 0 radical (unpaired) electrons. The minimum Gasteiger partial charge on any atom is -0.494 e. The number of benzene rings is 2. The summed E-state index contributed by atoms with van der Waals surface area (Å²) in [7, 11) is 0. The molecule has 1 amide bonds. The molecule has 0 saturated carbocycles. The van der Waals surface area contributed by atoms with Gasteiger partial charge in [0.1, 0.15) is 18.1 Å². The predicted octanol–water partition coefficient (Wildman–Crippen LogP) is 3.60. The van der Waals surface area contributed by atoms with Gasteiger partial charge in [0.25, 0.3) is 0 Å². The fourth-order valence-corrected chi connectivity index (χ4v) is 2.13. The summed E-state index contributed by atoms with van der Waals surface area (Å²) in [4.78, 5) is 11.8. The molecule has 0 aliphatic heterocycles. The zero-order valence-corrected chi connectivity index (χ0v) is 14.1. The Bertz CT molecular complexity index is 678. The average Bonchev–Trinajstić information content (AvgIpc) is 2.60. The van der Waals surface area contributed by atoms with E-state index in [1.54, 1.807) is 6.08 Å². The highest BCUT2D eigenvalue weighted by atomic mass is 16.5. The van der Waals surface area contributed by atoms with Gasteiger partial charge in [0, 0.05) is 6.08 Å². The van der Waals surface area contributed by atoms with Gasteiger partial charge in [-0.15, -0.1) is 0 Å². The Morgan fingerprint density at radius 2 is 1.83 bits per heavy atom. The first-order valence-corrected chi connectivity index (χ1v) is 8.06. The standard InChI is InChI=1S/C20H23NO3/c1-3-23-18-11-8-17(9-12-18)10-13-20(22)21-14-15-24-19-7-5-4-6-16(19)2/h4-13H,3,14-15H2,1-2H3,(H,21,22). The highest BCUT2D eigenvalue weighted by Crippen LogP contribution is 2.15. The Hall–Kier alpha value is -2.75. The number of ether oxygens (including phenoxy) is 2. The lowest BCUT2D eigenvalue weighted by atomic mass is 10.2. The van der Waals surface area contributed by atoms with Gasteiger partial charge in [-0.25, -0.2) is 0 Å². The van der Waals surface area contributed by atoms with E-state index in [-0.39, 0.29) is 5.91 Å². The number of para-hydroxylation sites is 1. The number of hydrogen-bond acceptors (Lipinski definition) is 3. The maximum absolute atomic E-state index is 11.8. The Labute approximate surface area is 143 Å². The van der Waals surface area contributed by atoms with Crippen molar-refractivity contribution >= 4 is 12.0 Å². The summed E-state index contributed by atoms with van der Waals surface area (Å²) in [6.45, 7) is 5.48. The van der Waals surface area contributed by atoms with E-state index in [0.717, 1.165) is 22.6 Å².